The van der Waals surface area contributed by atoms with Crippen LogP contribution in [0.3, 0.4) is 0 Å². The predicted octanol–water partition coefficient (Wildman–Crippen LogP) is 4.15. The van der Waals surface area contributed by atoms with Gasteiger partial charge in [-0.25, -0.2) is 0 Å². The van der Waals surface area contributed by atoms with Crippen LogP contribution < -0.4 is 14.8 Å². The van der Waals surface area contributed by atoms with Gasteiger partial charge in [0, 0.05) is 17.8 Å². The van der Waals surface area contributed by atoms with Crippen LogP contribution in [0.2, 0.25) is 0 Å². The summed E-state index contributed by atoms with van der Waals surface area (Å²) in [6.07, 6.45) is 0. The van der Waals surface area contributed by atoms with Crippen molar-refractivity contribution in [3.63, 3.8) is 0 Å². The number of aryl methyl sites for hydroxylation is 2. The number of nitrogens with one attached hydrogen (secondary N) is 1. The van der Waals surface area contributed by atoms with Gasteiger partial charge in [0.2, 0.25) is 5.91 Å². The molecule has 2 rings (SSSR count). The number of benzene rings is 2. The van der Waals surface area contributed by atoms with Crippen molar-refractivity contribution in [1.82, 2.24) is 4.90 Å². The maximum Gasteiger partial charge on any atom is 0.238 e. The molecule has 26 heavy (non-hydrogen) atoms. The standard InChI is InChI=1S/C20H25BrN2O3/c1-13-7-6-8-14(2)20(13)22-19(24)12-23(3)11-15-9-18(26-5)16(21)10-17(15)25-4/h6-10H,11-12H2,1-5H3,(H,22,24). The predicted molar refractivity (Wildman–Crippen MR) is 108 cm³/mol. The van der Waals surface area contributed by atoms with Gasteiger partial charge in [-0.2, -0.15) is 0 Å². The Hall–Kier alpha value is -2.05. The number of hydrogen-bond acceptors (Lipinski definition) is 4. The molecular weight excluding hydrogens is 396 g/mol. The number of carbonyl (C=O) groups is 1. The third-order valence-corrected chi connectivity index (χ3v) is 4.77. The number of halogens is 1. The molecule has 0 aliphatic rings. The highest BCUT2D eigenvalue weighted by Gasteiger charge is 2.14. The summed E-state index contributed by atoms with van der Waals surface area (Å²) >= 11 is 3.46. The van der Waals surface area contributed by atoms with Crippen LogP contribution in [-0.4, -0.2) is 38.6 Å². The molecule has 0 aromatic heterocycles. The van der Waals surface area contributed by atoms with Crippen molar-refractivity contribution >= 4 is 27.5 Å². The molecule has 1 amide bonds. The van der Waals surface area contributed by atoms with Crippen LogP contribution in [0.15, 0.2) is 34.8 Å². The van der Waals surface area contributed by atoms with E-state index < -0.39 is 0 Å². The van der Waals surface area contributed by atoms with E-state index >= 15 is 0 Å². The average Bonchev–Trinajstić information content (AvgIpc) is 2.59. The molecule has 0 heterocycles. The molecule has 0 unspecified atom stereocenters. The normalized spacial score (nSPS) is 10.7. The van der Waals surface area contributed by atoms with Gasteiger partial charge in [0.15, 0.2) is 0 Å². The summed E-state index contributed by atoms with van der Waals surface area (Å²) in [5.41, 5.74) is 3.95. The third-order valence-electron chi connectivity index (χ3n) is 4.15. The summed E-state index contributed by atoms with van der Waals surface area (Å²) < 4.78 is 11.6. The minimum atomic E-state index is -0.0482. The average molecular weight is 421 g/mol. The van der Waals surface area contributed by atoms with Crippen molar-refractivity contribution in [3.05, 3.63) is 51.5 Å². The van der Waals surface area contributed by atoms with E-state index in [4.69, 9.17) is 9.47 Å². The minimum Gasteiger partial charge on any atom is -0.496 e. The lowest BCUT2D eigenvalue weighted by atomic mass is 10.1. The van der Waals surface area contributed by atoms with E-state index in [0.29, 0.717) is 6.54 Å². The van der Waals surface area contributed by atoms with Crippen molar-refractivity contribution < 1.29 is 14.3 Å². The van der Waals surface area contributed by atoms with Gasteiger partial charge >= 0.3 is 0 Å². The lowest BCUT2D eigenvalue weighted by Gasteiger charge is -2.20. The highest BCUT2D eigenvalue weighted by atomic mass is 79.9. The first-order valence-corrected chi connectivity index (χ1v) is 9.10. The van der Waals surface area contributed by atoms with Gasteiger partial charge in [-0.3, -0.25) is 9.69 Å². The maximum atomic E-state index is 12.4. The molecule has 0 aliphatic carbocycles. The Morgan fingerprint density at radius 2 is 1.73 bits per heavy atom. The second kappa shape index (κ2) is 9.05. The second-order valence-corrected chi connectivity index (χ2v) is 7.14. The molecule has 0 atom stereocenters. The molecule has 1 N–H and O–H groups in total. The Labute approximate surface area is 163 Å². The van der Waals surface area contributed by atoms with Crippen molar-refractivity contribution in [3.8, 4) is 11.5 Å². The van der Waals surface area contributed by atoms with E-state index in [2.05, 4.69) is 21.2 Å². The molecule has 140 valence electrons. The highest BCUT2D eigenvalue weighted by Crippen LogP contribution is 2.33. The Bertz CT molecular complexity index is 773. The SMILES string of the molecule is COc1cc(CN(C)CC(=O)Nc2c(C)cccc2C)c(OC)cc1Br. The van der Waals surface area contributed by atoms with E-state index in [9.17, 15) is 4.79 Å². The molecule has 6 heteroatoms. The summed E-state index contributed by atoms with van der Waals surface area (Å²) in [4.78, 5) is 14.4. The number of anilines is 1. The van der Waals surface area contributed by atoms with Gasteiger partial charge in [0.1, 0.15) is 11.5 Å². The number of likely N-dealkylation sites (N-methyl/N-ethyl adjacent to an activating group) is 1. The Kier molecular flexibility index (Phi) is 7.06. The van der Waals surface area contributed by atoms with Gasteiger partial charge in [0.25, 0.3) is 0 Å². The number of methoxy groups -OCH3 is 2. The first-order valence-electron chi connectivity index (χ1n) is 8.30. The molecular formula is C20H25BrN2O3. The molecule has 0 saturated carbocycles. The molecule has 0 fully saturated rings. The Balaban J connectivity index is 2.06. The van der Waals surface area contributed by atoms with E-state index in [1.54, 1.807) is 14.2 Å². The largest absolute Gasteiger partial charge is 0.496 e. The molecule has 0 aliphatic heterocycles. The number of para-hydroxylation sites is 1. The van der Waals surface area contributed by atoms with Crippen LogP contribution in [0.1, 0.15) is 16.7 Å². The van der Waals surface area contributed by atoms with Gasteiger partial charge in [-0.05, 0) is 60.1 Å². The monoisotopic (exact) mass is 420 g/mol. The topological polar surface area (TPSA) is 50.8 Å². The number of ether oxygens (including phenoxy) is 2. The molecule has 0 spiro atoms. The molecule has 0 radical (unpaired) electrons. The summed E-state index contributed by atoms with van der Waals surface area (Å²) in [5, 5.41) is 3.01. The first-order chi connectivity index (χ1) is 12.3. The fourth-order valence-electron chi connectivity index (χ4n) is 2.83. The first kappa shape index (κ1) is 20.3. The molecule has 0 saturated heterocycles. The van der Waals surface area contributed by atoms with Crippen molar-refractivity contribution in [2.45, 2.75) is 20.4 Å². The number of nitrogens with zero attached hydrogens (tertiary/aromatic N) is 1. The van der Waals surface area contributed by atoms with Gasteiger partial charge < -0.3 is 14.8 Å². The zero-order chi connectivity index (χ0) is 19.3. The van der Waals surface area contributed by atoms with Gasteiger partial charge in [-0.15, -0.1) is 0 Å². The fraction of sp³-hybridized carbons (Fsp3) is 0.350. The number of rotatable bonds is 7. The van der Waals surface area contributed by atoms with Crippen LogP contribution in [0.5, 0.6) is 11.5 Å². The summed E-state index contributed by atoms with van der Waals surface area (Å²) in [5.74, 6) is 1.43. The van der Waals surface area contributed by atoms with E-state index in [0.717, 1.165) is 38.3 Å². The van der Waals surface area contributed by atoms with Crippen LogP contribution in [-0.2, 0) is 11.3 Å². The van der Waals surface area contributed by atoms with Crippen LogP contribution in [0.4, 0.5) is 5.69 Å². The smallest absolute Gasteiger partial charge is 0.238 e. The van der Waals surface area contributed by atoms with Crippen molar-refractivity contribution in [2.75, 3.05) is 33.1 Å². The Morgan fingerprint density at radius 3 is 2.31 bits per heavy atom. The lowest BCUT2D eigenvalue weighted by molar-refractivity contribution is -0.117. The Morgan fingerprint density at radius 1 is 1.12 bits per heavy atom. The zero-order valence-corrected chi connectivity index (χ0v) is 17.4. The summed E-state index contributed by atoms with van der Waals surface area (Å²) in [6.45, 7) is 4.82. The van der Waals surface area contributed by atoms with Crippen LogP contribution in [0.25, 0.3) is 0 Å². The quantitative estimate of drug-likeness (QED) is 0.730. The van der Waals surface area contributed by atoms with Crippen molar-refractivity contribution in [2.24, 2.45) is 0 Å². The highest BCUT2D eigenvalue weighted by molar-refractivity contribution is 9.10. The number of amides is 1. The molecule has 5 nitrogen and oxygen atoms in total. The third kappa shape index (κ3) is 4.99. The second-order valence-electron chi connectivity index (χ2n) is 6.29. The minimum absolute atomic E-state index is 0.0482. The van der Waals surface area contributed by atoms with E-state index in [-0.39, 0.29) is 12.5 Å². The molecule has 0 bridgehead atoms. The summed E-state index contributed by atoms with van der Waals surface area (Å²) in [6, 6.07) is 9.76. The van der Waals surface area contributed by atoms with Crippen molar-refractivity contribution in [1.29, 1.82) is 0 Å². The van der Waals surface area contributed by atoms with Gasteiger partial charge in [-0.1, -0.05) is 18.2 Å². The number of carbonyl (C=O) groups excluding carboxylic acids is 1. The molecule has 2 aromatic carbocycles. The lowest BCUT2D eigenvalue weighted by Crippen LogP contribution is -2.30. The van der Waals surface area contributed by atoms with Crippen LogP contribution in [0, 0.1) is 13.8 Å². The zero-order valence-electron chi connectivity index (χ0n) is 15.9. The van der Waals surface area contributed by atoms with E-state index in [1.807, 2.05) is 56.1 Å². The number of hydrogen-bond donors (Lipinski definition) is 1. The van der Waals surface area contributed by atoms with Gasteiger partial charge in [0.05, 0.1) is 25.2 Å². The van der Waals surface area contributed by atoms with Crippen LogP contribution >= 0.6 is 15.9 Å². The fourth-order valence-corrected chi connectivity index (χ4v) is 3.31. The molecule has 2 aromatic rings. The van der Waals surface area contributed by atoms with E-state index in [1.165, 1.54) is 0 Å². The maximum absolute atomic E-state index is 12.4. The summed E-state index contributed by atoms with van der Waals surface area (Å²) in [7, 11) is 5.15.